The maximum absolute atomic E-state index is 11.6. The zero-order chi connectivity index (χ0) is 18.2. The van der Waals surface area contributed by atoms with Gasteiger partial charge in [0.05, 0.1) is 13.7 Å². The Morgan fingerprint density at radius 3 is 2.77 bits per heavy atom. The predicted molar refractivity (Wildman–Crippen MR) is 113 cm³/mol. The number of aryl methyl sites for hydroxylation is 2. The van der Waals surface area contributed by atoms with E-state index in [0.29, 0.717) is 36.1 Å². The van der Waals surface area contributed by atoms with Crippen LogP contribution in [0, 0.1) is 6.92 Å². The van der Waals surface area contributed by atoms with E-state index in [-0.39, 0.29) is 24.0 Å². The molecule has 144 valence electrons. The molecule has 0 unspecified atom stereocenters. The SMILES string of the molecule is CCNC(=NCc1cc(C(=O)OC)c(C)o1)NCc1ncc(CC)s1.I. The zero-order valence-corrected chi connectivity index (χ0v) is 18.6. The lowest BCUT2D eigenvalue weighted by Gasteiger charge is -2.09. The van der Waals surface area contributed by atoms with Gasteiger partial charge in [0.1, 0.15) is 28.6 Å². The fourth-order valence-corrected chi connectivity index (χ4v) is 2.99. The molecular formula is C17H25IN4O3S. The number of nitrogens with zero attached hydrogens (tertiary/aromatic N) is 2. The van der Waals surface area contributed by atoms with Crippen LogP contribution in [0.1, 0.15) is 45.6 Å². The largest absolute Gasteiger partial charge is 0.465 e. The van der Waals surface area contributed by atoms with Gasteiger partial charge < -0.3 is 19.8 Å². The second-order valence-electron chi connectivity index (χ2n) is 5.30. The van der Waals surface area contributed by atoms with Gasteiger partial charge in [0.15, 0.2) is 5.96 Å². The first-order chi connectivity index (χ1) is 12.1. The number of hydrogen-bond donors (Lipinski definition) is 2. The number of rotatable bonds is 7. The van der Waals surface area contributed by atoms with Crippen LogP contribution in [0.3, 0.4) is 0 Å². The van der Waals surface area contributed by atoms with E-state index in [4.69, 9.17) is 9.15 Å². The molecule has 26 heavy (non-hydrogen) atoms. The van der Waals surface area contributed by atoms with Crippen molar-refractivity contribution < 1.29 is 13.9 Å². The summed E-state index contributed by atoms with van der Waals surface area (Å²) in [5, 5.41) is 7.45. The monoisotopic (exact) mass is 492 g/mol. The van der Waals surface area contributed by atoms with Gasteiger partial charge in [-0.15, -0.1) is 35.3 Å². The van der Waals surface area contributed by atoms with E-state index in [9.17, 15) is 4.79 Å². The van der Waals surface area contributed by atoms with Crippen molar-refractivity contribution in [3.8, 4) is 0 Å². The number of aliphatic imine (C=N–C) groups is 1. The molecule has 0 saturated heterocycles. The lowest BCUT2D eigenvalue weighted by Crippen LogP contribution is -2.36. The number of aromatic nitrogens is 1. The van der Waals surface area contributed by atoms with Gasteiger partial charge in [0.25, 0.3) is 0 Å². The predicted octanol–water partition coefficient (Wildman–Crippen LogP) is 3.27. The number of hydrogen-bond acceptors (Lipinski definition) is 6. The maximum atomic E-state index is 11.6. The molecular weight excluding hydrogens is 467 g/mol. The van der Waals surface area contributed by atoms with Crippen molar-refractivity contribution in [1.82, 2.24) is 15.6 Å². The molecule has 0 aliphatic rings. The number of furan rings is 1. The topological polar surface area (TPSA) is 88.8 Å². The van der Waals surface area contributed by atoms with Crippen molar-refractivity contribution in [3.63, 3.8) is 0 Å². The summed E-state index contributed by atoms with van der Waals surface area (Å²) in [6.07, 6.45) is 2.90. The maximum Gasteiger partial charge on any atom is 0.341 e. The van der Waals surface area contributed by atoms with Crippen LogP contribution in [0.15, 0.2) is 21.7 Å². The number of carbonyl (C=O) groups excluding carboxylic acids is 1. The summed E-state index contributed by atoms with van der Waals surface area (Å²) in [6, 6.07) is 1.67. The molecule has 2 aromatic heterocycles. The quantitative estimate of drug-likeness (QED) is 0.267. The van der Waals surface area contributed by atoms with Crippen LogP contribution in [-0.4, -0.2) is 30.6 Å². The van der Waals surface area contributed by atoms with Crippen LogP contribution in [0.4, 0.5) is 0 Å². The van der Waals surface area contributed by atoms with Crippen molar-refractivity contribution in [3.05, 3.63) is 39.2 Å². The first-order valence-corrected chi connectivity index (χ1v) is 9.02. The molecule has 0 aliphatic carbocycles. The molecule has 0 bridgehead atoms. The van der Waals surface area contributed by atoms with E-state index in [1.807, 2.05) is 13.1 Å². The highest BCUT2D eigenvalue weighted by Gasteiger charge is 2.15. The number of halogens is 1. The zero-order valence-electron chi connectivity index (χ0n) is 15.4. The molecule has 0 saturated carbocycles. The van der Waals surface area contributed by atoms with E-state index >= 15 is 0 Å². The molecule has 0 radical (unpaired) electrons. The molecule has 9 heteroatoms. The summed E-state index contributed by atoms with van der Waals surface area (Å²) in [5.41, 5.74) is 0.431. The average molecular weight is 492 g/mol. The van der Waals surface area contributed by atoms with Gasteiger partial charge in [-0.05, 0) is 26.3 Å². The highest BCUT2D eigenvalue weighted by molar-refractivity contribution is 14.0. The molecule has 0 atom stereocenters. The van der Waals surface area contributed by atoms with E-state index in [0.717, 1.165) is 18.0 Å². The Kier molecular flexibility index (Phi) is 9.63. The summed E-state index contributed by atoms with van der Waals surface area (Å²) in [5.74, 6) is 1.41. The molecule has 2 heterocycles. The van der Waals surface area contributed by atoms with Gasteiger partial charge >= 0.3 is 5.97 Å². The van der Waals surface area contributed by atoms with Crippen molar-refractivity contribution in [2.24, 2.45) is 4.99 Å². The Hall–Kier alpha value is -1.62. The minimum atomic E-state index is -0.406. The van der Waals surface area contributed by atoms with Crippen LogP contribution in [-0.2, 0) is 24.2 Å². The molecule has 0 fully saturated rings. The highest BCUT2D eigenvalue weighted by Crippen LogP contribution is 2.16. The Labute approximate surface area is 174 Å². The number of ether oxygens (including phenoxy) is 1. The second-order valence-corrected chi connectivity index (χ2v) is 6.50. The molecule has 0 aromatic carbocycles. The molecule has 0 aliphatic heterocycles. The van der Waals surface area contributed by atoms with Crippen LogP contribution in [0.25, 0.3) is 0 Å². The third kappa shape index (κ3) is 6.27. The third-order valence-corrected chi connectivity index (χ3v) is 4.61. The summed E-state index contributed by atoms with van der Waals surface area (Å²) in [7, 11) is 1.35. The Morgan fingerprint density at radius 2 is 2.15 bits per heavy atom. The number of thiazole rings is 1. The first-order valence-electron chi connectivity index (χ1n) is 8.20. The smallest absolute Gasteiger partial charge is 0.341 e. The summed E-state index contributed by atoms with van der Waals surface area (Å²) in [4.78, 5) is 21.8. The first kappa shape index (κ1) is 22.4. The van der Waals surface area contributed by atoms with E-state index in [2.05, 4.69) is 27.5 Å². The molecule has 2 N–H and O–H groups in total. The molecule has 2 aromatic rings. The van der Waals surface area contributed by atoms with E-state index < -0.39 is 5.97 Å². The van der Waals surface area contributed by atoms with Crippen molar-refractivity contribution in [1.29, 1.82) is 0 Å². The number of esters is 1. The minimum Gasteiger partial charge on any atom is -0.465 e. The van der Waals surface area contributed by atoms with Crippen molar-refractivity contribution in [2.75, 3.05) is 13.7 Å². The highest BCUT2D eigenvalue weighted by atomic mass is 127. The molecule has 0 spiro atoms. The van der Waals surface area contributed by atoms with Crippen molar-refractivity contribution in [2.45, 2.75) is 40.3 Å². The number of guanidine groups is 1. The van der Waals surface area contributed by atoms with Gasteiger partial charge in [0.2, 0.25) is 0 Å². The van der Waals surface area contributed by atoms with Crippen LogP contribution >= 0.6 is 35.3 Å². The fourth-order valence-electron chi connectivity index (χ4n) is 2.19. The summed E-state index contributed by atoms with van der Waals surface area (Å²) >= 11 is 1.69. The van der Waals surface area contributed by atoms with Crippen LogP contribution in [0.5, 0.6) is 0 Å². The number of methoxy groups -OCH3 is 1. The van der Waals surface area contributed by atoms with Gasteiger partial charge in [-0.3, -0.25) is 0 Å². The van der Waals surface area contributed by atoms with E-state index in [1.165, 1.54) is 12.0 Å². The standard InChI is InChI=1S/C17H24N4O3S.HI/c1-5-13-9-19-15(25-13)10-21-17(18-6-2)20-8-12-7-14(11(3)24-12)16(22)23-4;/h7,9H,5-6,8,10H2,1-4H3,(H2,18,20,21);1H. The lowest BCUT2D eigenvalue weighted by molar-refractivity contribution is 0.0599. The summed E-state index contributed by atoms with van der Waals surface area (Å²) < 4.78 is 10.3. The van der Waals surface area contributed by atoms with Gasteiger partial charge in [0, 0.05) is 17.6 Å². The number of nitrogens with one attached hydrogen (secondary N) is 2. The lowest BCUT2D eigenvalue weighted by atomic mass is 10.2. The Bertz CT molecular complexity index is 742. The minimum absolute atomic E-state index is 0. The van der Waals surface area contributed by atoms with Gasteiger partial charge in [-0.2, -0.15) is 0 Å². The van der Waals surface area contributed by atoms with Crippen LogP contribution in [0.2, 0.25) is 0 Å². The van der Waals surface area contributed by atoms with Crippen molar-refractivity contribution >= 4 is 47.2 Å². The molecule has 0 amide bonds. The fraction of sp³-hybridized carbons (Fsp3) is 0.471. The van der Waals surface area contributed by atoms with Crippen LogP contribution < -0.4 is 10.6 Å². The molecule has 7 nitrogen and oxygen atoms in total. The normalized spacial score (nSPS) is 11.0. The van der Waals surface area contributed by atoms with Gasteiger partial charge in [-0.25, -0.2) is 14.8 Å². The Morgan fingerprint density at radius 1 is 1.38 bits per heavy atom. The number of carbonyl (C=O) groups is 1. The second kappa shape index (κ2) is 11.2. The Balaban J connectivity index is 0.00000338. The molecule has 2 rings (SSSR count). The third-order valence-electron chi connectivity index (χ3n) is 3.47. The van der Waals surface area contributed by atoms with E-state index in [1.54, 1.807) is 24.3 Å². The summed E-state index contributed by atoms with van der Waals surface area (Å²) in [6.45, 7) is 7.53. The van der Waals surface area contributed by atoms with Gasteiger partial charge in [-0.1, -0.05) is 6.92 Å². The average Bonchev–Trinajstić information content (AvgIpc) is 3.23.